The van der Waals surface area contributed by atoms with E-state index < -0.39 is 37.5 Å². The van der Waals surface area contributed by atoms with Crippen LogP contribution in [0.1, 0.15) is 24.3 Å². The molecule has 3 aromatic rings. The number of benzene rings is 3. The van der Waals surface area contributed by atoms with Crippen LogP contribution in [0, 0.1) is 5.82 Å². The van der Waals surface area contributed by atoms with Crippen molar-refractivity contribution in [2.45, 2.75) is 28.6 Å². The average Bonchev–Trinajstić information content (AvgIpc) is 2.78. The smallest absolute Gasteiger partial charge is 0.238 e. The number of hydrogen-bond acceptors (Lipinski definition) is 5. The largest absolute Gasteiger partial charge is 0.309 e. The fourth-order valence-corrected chi connectivity index (χ4v) is 6.07. The van der Waals surface area contributed by atoms with E-state index in [9.17, 15) is 21.6 Å². The van der Waals surface area contributed by atoms with Crippen molar-refractivity contribution >= 4 is 31.5 Å². The molecule has 1 saturated heterocycles. The number of anilines is 1. The van der Waals surface area contributed by atoms with E-state index in [1.807, 2.05) is 0 Å². The summed E-state index contributed by atoms with van der Waals surface area (Å²) in [6, 6.07) is 16.6. The van der Waals surface area contributed by atoms with Gasteiger partial charge in [0, 0.05) is 18.4 Å². The minimum absolute atomic E-state index is 0.0448. The van der Waals surface area contributed by atoms with E-state index in [-0.39, 0.29) is 22.0 Å². The summed E-state index contributed by atoms with van der Waals surface area (Å²) in [6.45, 7) is 0.267. The molecule has 1 amide bonds. The summed E-state index contributed by atoms with van der Waals surface area (Å²) in [4.78, 5) is 14.6. The molecule has 1 fully saturated rings. The molecular weight excluding hydrogens is 479 g/mol. The maximum Gasteiger partial charge on any atom is 0.238 e. The Bertz CT molecular complexity index is 1490. The second-order valence-corrected chi connectivity index (χ2v) is 11.7. The molecule has 0 spiro atoms. The summed E-state index contributed by atoms with van der Waals surface area (Å²) in [5, 5.41) is 5.34. The molecule has 178 valence electrons. The van der Waals surface area contributed by atoms with Gasteiger partial charge in [-0.1, -0.05) is 42.5 Å². The minimum atomic E-state index is -4.04. The van der Waals surface area contributed by atoms with Crippen molar-refractivity contribution in [3.8, 4) is 11.1 Å². The van der Waals surface area contributed by atoms with Crippen LogP contribution in [0.5, 0.6) is 0 Å². The van der Waals surface area contributed by atoms with Crippen LogP contribution in [-0.2, 0) is 24.7 Å². The fourth-order valence-electron chi connectivity index (χ4n) is 4.35. The highest BCUT2D eigenvalue weighted by atomic mass is 32.2. The summed E-state index contributed by atoms with van der Waals surface area (Å²) in [5.74, 6) is -1.90. The van der Waals surface area contributed by atoms with Crippen molar-refractivity contribution in [2.24, 2.45) is 5.14 Å². The normalized spacial score (nSPS) is 17.1. The van der Waals surface area contributed by atoms with Crippen molar-refractivity contribution in [2.75, 3.05) is 17.7 Å². The summed E-state index contributed by atoms with van der Waals surface area (Å²) in [6.07, 6.45) is 2.03. The number of sulfonamides is 1. The first-order chi connectivity index (χ1) is 16.0. The van der Waals surface area contributed by atoms with Gasteiger partial charge in [-0.3, -0.25) is 4.79 Å². The van der Waals surface area contributed by atoms with Gasteiger partial charge in [-0.2, -0.15) is 0 Å². The number of carbonyl (C=O) groups is 1. The highest BCUT2D eigenvalue weighted by Gasteiger charge is 2.34. The number of nitrogens with two attached hydrogens (primary N) is 1. The Labute approximate surface area is 198 Å². The Morgan fingerprint density at radius 3 is 2.24 bits per heavy atom. The molecule has 7 nitrogen and oxygen atoms in total. The van der Waals surface area contributed by atoms with Crippen molar-refractivity contribution in [1.29, 1.82) is 0 Å². The fraction of sp³-hybridized carbons (Fsp3) is 0.208. The van der Waals surface area contributed by atoms with Gasteiger partial charge in [-0.05, 0) is 48.2 Å². The predicted octanol–water partition coefficient (Wildman–Crippen LogP) is 3.45. The summed E-state index contributed by atoms with van der Waals surface area (Å²) < 4.78 is 63.6. The molecule has 10 heteroatoms. The molecule has 0 bridgehead atoms. The van der Waals surface area contributed by atoms with Crippen molar-refractivity contribution in [3.05, 3.63) is 78.1 Å². The minimum Gasteiger partial charge on any atom is -0.309 e. The Kier molecular flexibility index (Phi) is 6.32. The second-order valence-electron chi connectivity index (χ2n) is 8.20. The molecule has 1 atom stereocenters. The van der Waals surface area contributed by atoms with Gasteiger partial charge >= 0.3 is 0 Å². The molecule has 0 radical (unpaired) electrons. The van der Waals surface area contributed by atoms with Gasteiger partial charge < -0.3 is 4.90 Å². The van der Waals surface area contributed by atoms with E-state index >= 15 is 4.39 Å². The molecule has 2 N–H and O–H groups in total. The van der Waals surface area contributed by atoms with Crippen LogP contribution in [0.2, 0.25) is 0 Å². The lowest BCUT2D eigenvalue weighted by Gasteiger charge is -2.33. The van der Waals surface area contributed by atoms with Crippen LogP contribution in [0.25, 0.3) is 11.1 Å². The van der Waals surface area contributed by atoms with Gasteiger partial charge in [-0.25, -0.2) is 26.4 Å². The van der Waals surface area contributed by atoms with E-state index in [2.05, 4.69) is 0 Å². The number of piperidine rings is 1. The molecule has 34 heavy (non-hydrogen) atoms. The Hall–Kier alpha value is -3.08. The predicted molar refractivity (Wildman–Crippen MR) is 127 cm³/mol. The van der Waals surface area contributed by atoms with E-state index in [1.165, 1.54) is 35.2 Å². The molecular formula is C24H23FN2O5S2. The van der Waals surface area contributed by atoms with Crippen molar-refractivity contribution in [3.63, 3.8) is 0 Å². The van der Waals surface area contributed by atoms with E-state index in [0.717, 1.165) is 6.26 Å². The van der Waals surface area contributed by atoms with Gasteiger partial charge in [0.15, 0.2) is 9.84 Å². The number of sulfone groups is 1. The lowest BCUT2D eigenvalue weighted by molar-refractivity contribution is -0.121. The van der Waals surface area contributed by atoms with Crippen LogP contribution < -0.4 is 10.0 Å². The number of primary sulfonamides is 1. The molecule has 1 heterocycles. The Morgan fingerprint density at radius 1 is 0.941 bits per heavy atom. The highest BCUT2D eigenvalue weighted by Crippen LogP contribution is 2.36. The van der Waals surface area contributed by atoms with Crippen molar-refractivity contribution in [1.82, 2.24) is 0 Å². The second kappa shape index (κ2) is 8.94. The molecule has 3 aromatic carbocycles. The number of rotatable bonds is 5. The van der Waals surface area contributed by atoms with Crippen molar-refractivity contribution < 1.29 is 26.0 Å². The molecule has 1 aliphatic heterocycles. The quantitative estimate of drug-likeness (QED) is 0.574. The van der Waals surface area contributed by atoms with Crippen LogP contribution in [0.4, 0.5) is 10.1 Å². The highest BCUT2D eigenvalue weighted by molar-refractivity contribution is 7.90. The maximum absolute atomic E-state index is 15.3. The Morgan fingerprint density at radius 2 is 1.59 bits per heavy atom. The lowest BCUT2D eigenvalue weighted by atomic mass is 9.89. The third-order valence-electron chi connectivity index (χ3n) is 5.88. The number of nitrogens with zero attached hydrogens (tertiary/aromatic N) is 1. The van der Waals surface area contributed by atoms with Crippen LogP contribution >= 0.6 is 0 Å². The number of amides is 1. The zero-order valence-electron chi connectivity index (χ0n) is 18.3. The van der Waals surface area contributed by atoms with Crippen LogP contribution in [-0.4, -0.2) is 35.5 Å². The van der Waals surface area contributed by atoms with Crippen LogP contribution in [0.15, 0.2) is 76.5 Å². The topological polar surface area (TPSA) is 115 Å². The molecule has 0 aromatic heterocycles. The monoisotopic (exact) mass is 502 g/mol. The van der Waals surface area contributed by atoms with E-state index in [1.54, 1.807) is 36.4 Å². The first kappa shape index (κ1) is 24.1. The molecule has 1 unspecified atom stereocenters. The number of carbonyl (C=O) groups excluding carboxylic acids is 1. The summed E-state index contributed by atoms with van der Waals surface area (Å²) in [5.41, 5.74) is 1.06. The first-order valence-electron chi connectivity index (χ1n) is 10.5. The first-order valence-corrected chi connectivity index (χ1v) is 13.9. The summed E-state index contributed by atoms with van der Waals surface area (Å²) in [7, 11) is -7.58. The number of hydrogen-bond donors (Lipinski definition) is 1. The standard InChI is InChI=1S/C24H23FN2O5S2/c1-33(29,30)22-10-4-2-7-17(22)16-12-13-21(20(25)15-16)27-14-6-9-19(24(27)28)18-8-3-5-11-23(18)34(26,31)32/h2-5,7-8,10-13,15,19H,6,9,14H2,1H3,(H2,26,31,32). The van der Waals surface area contributed by atoms with E-state index in [0.29, 0.717) is 29.5 Å². The van der Waals surface area contributed by atoms with Gasteiger partial charge in [-0.15, -0.1) is 0 Å². The molecule has 0 saturated carbocycles. The third kappa shape index (κ3) is 4.61. The molecule has 4 rings (SSSR count). The van der Waals surface area contributed by atoms with Gasteiger partial charge in [0.25, 0.3) is 0 Å². The SMILES string of the molecule is CS(=O)(=O)c1ccccc1-c1ccc(N2CCCC(c3ccccc3S(N)(=O)=O)C2=O)c(F)c1. The zero-order valence-corrected chi connectivity index (χ0v) is 19.9. The van der Waals surface area contributed by atoms with Crippen LogP contribution in [0.3, 0.4) is 0 Å². The van der Waals surface area contributed by atoms with E-state index in [4.69, 9.17) is 5.14 Å². The molecule has 0 aliphatic carbocycles. The maximum atomic E-state index is 15.3. The lowest BCUT2D eigenvalue weighted by Crippen LogP contribution is -2.41. The third-order valence-corrected chi connectivity index (χ3v) is 8.02. The van der Waals surface area contributed by atoms with Gasteiger partial charge in [0.05, 0.1) is 21.4 Å². The molecule has 1 aliphatic rings. The Balaban J connectivity index is 1.72. The van der Waals surface area contributed by atoms with Gasteiger partial charge in [0.1, 0.15) is 5.82 Å². The zero-order chi connectivity index (χ0) is 24.7. The average molecular weight is 503 g/mol. The van der Waals surface area contributed by atoms with Gasteiger partial charge in [0.2, 0.25) is 15.9 Å². The summed E-state index contributed by atoms with van der Waals surface area (Å²) >= 11 is 0. The number of halogens is 1.